The summed E-state index contributed by atoms with van der Waals surface area (Å²) in [7, 11) is 1.28. The van der Waals surface area contributed by atoms with Crippen LogP contribution in [0.15, 0.2) is 33.6 Å². The number of allylic oxidation sites excluding steroid dienone is 1. The van der Waals surface area contributed by atoms with Gasteiger partial charge >= 0.3 is 11.9 Å². The van der Waals surface area contributed by atoms with E-state index in [4.69, 9.17) is 20.0 Å². The second-order valence-electron chi connectivity index (χ2n) is 8.89. The maximum absolute atomic E-state index is 13.1. The van der Waals surface area contributed by atoms with Crippen molar-refractivity contribution in [3.8, 4) is 0 Å². The van der Waals surface area contributed by atoms with Gasteiger partial charge in [0.15, 0.2) is 10.8 Å². The van der Waals surface area contributed by atoms with E-state index in [0.717, 1.165) is 43.4 Å². The number of oxime groups is 1. The van der Waals surface area contributed by atoms with Crippen molar-refractivity contribution in [2.45, 2.75) is 63.5 Å². The monoisotopic (exact) mass is 563 g/mol. The smallest absolute Gasteiger partial charge is 0.374 e. The number of hydrogen-bond donors (Lipinski definition) is 2. The summed E-state index contributed by atoms with van der Waals surface area (Å²) in [4.78, 5) is 61.9. The number of nitrogen functional groups attached to an aromatic ring is 1. The van der Waals surface area contributed by atoms with Crippen molar-refractivity contribution >= 4 is 57.7 Å². The van der Waals surface area contributed by atoms with E-state index >= 15 is 0 Å². The Morgan fingerprint density at radius 3 is 2.63 bits per heavy atom. The predicted molar refractivity (Wildman–Crippen MR) is 141 cm³/mol. The summed E-state index contributed by atoms with van der Waals surface area (Å²) in [6.07, 6.45) is 5.81. The number of aromatic nitrogens is 1. The number of ether oxygens (including phenoxy) is 2. The molecule has 2 amide bonds. The highest BCUT2D eigenvalue weighted by Crippen LogP contribution is 2.40. The van der Waals surface area contributed by atoms with Gasteiger partial charge in [0, 0.05) is 11.1 Å². The minimum Gasteiger partial charge on any atom is -0.457 e. The third-order valence-electron chi connectivity index (χ3n) is 6.29. The van der Waals surface area contributed by atoms with E-state index < -0.39 is 35.2 Å². The maximum atomic E-state index is 13.1. The number of nitrogens with one attached hydrogen (secondary N) is 1. The van der Waals surface area contributed by atoms with Crippen LogP contribution >= 0.6 is 23.1 Å². The van der Waals surface area contributed by atoms with Crippen LogP contribution in [0, 0.1) is 0 Å². The minimum atomic E-state index is -0.918. The molecule has 2 aliphatic heterocycles. The van der Waals surface area contributed by atoms with Crippen LogP contribution in [-0.4, -0.2) is 69.7 Å². The van der Waals surface area contributed by atoms with Gasteiger partial charge in [-0.3, -0.25) is 14.5 Å². The molecule has 2 fully saturated rings. The Hall–Kier alpha value is -3.39. The molecule has 1 saturated heterocycles. The van der Waals surface area contributed by atoms with E-state index in [1.54, 1.807) is 19.2 Å². The van der Waals surface area contributed by atoms with E-state index in [-0.39, 0.29) is 34.1 Å². The Kier molecular flexibility index (Phi) is 8.72. The number of carbonyl (C=O) groups is 4. The lowest BCUT2D eigenvalue weighted by Gasteiger charge is -2.49. The van der Waals surface area contributed by atoms with Gasteiger partial charge in [0.1, 0.15) is 36.0 Å². The number of fused-ring (bicyclic) bond motifs is 1. The Morgan fingerprint density at radius 1 is 1.26 bits per heavy atom. The number of hydrogen-bond acceptors (Lipinski definition) is 12. The summed E-state index contributed by atoms with van der Waals surface area (Å²) >= 11 is 2.52. The average Bonchev–Trinajstić information content (AvgIpc) is 3.34. The molecule has 1 aromatic rings. The molecule has 0 aromatic carbocycles. The molecule has 12 nitrogen and oxygen atoms in total. The average molecular weight is 564 g/mol. The summed E-state index contributed by atoms with van der Waals surface area (Å²) < 4.78 is 10.9. The second-order valence-corrected chi connectivity index (χ2v) is 10.9. The van der Waals surface area contributed by atoms with Gasteiger partial charge < -0.3 is 25.4 Å². The molecule has 3 aliphatic rings. The number of β-lactam (4-membered cyclic amide) rings is 1. The molecule has 1 aromatic heterocycles. The van der Waals surface area contributed by atoms with Crippen LogP contribution in [0.4, 0.5) is 5.13 Å². The number of esters is 2. The van der Waals surface area contributed by atoms with Crippen LogP contribution < -0.4 is 11.1 Å². The fourth-order valence-electron chi connectivity index (χ4n) is 4.42. The lowest BCUT2D eigenvalue weighted by molar-refractivity contribution is -0.157. The SMILES string of the molecule is C/C=C(\OC(=O)C1=C(C)CS[C@@H]2[C@H](NC(=O)/C(=N\OC)c3csc(N)n3)C(=O)N12)C(=O)OC1CCCCC1. The van der Waals surface area contributed by atoms with Crippen molar-refractivity contribution in [2.75, 3.05) is 18.6 Å². The Morgan fingerprint density at radius 2 is 2.00 bits per heavy atom. The molecule has 1 saturated carbocycles. The number of thioether (sulfide) groups is 1. The summed E-state index contributed by atoms with van der Waals surface area (Å²) in [6.45, 7) is 3.28. The molecular formula is C24H29N5O7S2. The number of anilines is 1. The molecule has 204 valence electrons. The third-order valence-corrected chi connectivity index (χ3v) is 8.39. The first kappa shape index (κ1) is 27.6. The molecule has 0 spiro atoms. The van der Waals surface area contributed by atoms with Gasteiger partial charge in [0.2, 0.25) is 5.76 Å². The first-order valence-electron chi connectivity index (χ1n) is 12.1. The summed E-state index contributed by atoms with van der Waals surface area (Å²) in [5, 5.41) is 7.63. The van der Waals surface area contributed by atoms with Crippen LogP contribution in [-0.2, 0) is 33.5 Å². The van der Waals surface area contributed by atoms with Gasteiger partial charge in [0.25, 0.3) is 11.8 Å². The first-order valence-corrected chi connectivity index (χ1v) is 14.0. The van der Waals surface area contributed by atoms with E-state index in [1.807, 2.05) is 0 Å². The second kappa shape index (κ2) is 12.0. The van der Waals surface area contributed by atoms with Gasteiger partial charge in [-0.2, -0.15) is 0 Å². The van der Waals surface area contributed by atoms with Gasteiger partial charge in [-0.15, -0.1) is 23.1 Å². The molecule has 0 bridgehead atoms. The number of nitrogens with two attached hydrogens (primary N) is 1. The molecule has 14 heteroatoms. The zero-order valence-electron chi connectivity index (χ0n) is 21.2. The number of amides is 2. The molecule has 3 heterocycles. The van der Waals surface area contributed by atoms with E-state index in [0.29, 0.717) is 11.3 Å². The summed E-state index contributed by atoms with van der Waals surface area (Å²) in [5.74, 6) is -2.52. The van der Waals surface area contributed by atoms with Gasteiger partial charge in [-0.05, 0) is 51.2 Å². The summed E-state index contributed by atoms with van der Waals surface area (Å²) in [5.41, 5.74) is 6.41. The molecule has 2 atom stereocenters. The van der Waals surface area contributed by atoms with Crippen molar-refractivity contribution in [3.05, 3.63) is 34.2 Å². The van der Waals surface area contributed by atoms with Crippen LogP contribution in [0.5, 0.6) is 0 Å². The molecule has 0 radical (unpaired) electrons. The van der Waals surface area contributed by atoms with Crippen molar-refractivity contribution in [3.63, 3.8) is 0 Å². The zero-order valence-corrected chi connectivity index (χ0v) is 22.9. The van der Waals surface area contributed by atoms with Crippen molar-refractivity contribution in [2.24, 2.45) is 5.16 Å². The molecule has 38 heavy (non-hydrogen) atoms. The van der Waals surface area contributed by atoms with Gasteiger partial charge in [0.05, 0.1) is 0 Å². The molecule has 3 N–H and O–H groups in total. The van der Waals surface area contributed by atoms with Crippen LogP contribution in [0.3, 0.4) is 0 Å². The van der Waals surface area contributed by atoms with Crippen LogP contribution in [0.2, 0.25) is 0 Å². The standard InChI is InChI=1S/C24H29N5O7S2/c1-4-15(22(32)35-13-8-6-5-7-9-13)36-23(33)18-12(2)10-37-21-17(20(31)29(18)21)27-19(30)16(28-34-3)14-11-38-24(25)26-14/h4,11,13,17,21H,5-10H2,1-3H3,(H2,25,26)(H,27,30)/b15-4-,28-16-/t17-,21-/m1/s1. The molecule has 0 unspecified atom stereocenters. The highest BCUT2D eigenvalue weighted by molar-refractivity contribution is 8.00. The highest BCUT2D eigenvalue weighted by atomic mass is 32.2. The van der Waals surface area contributed by atoms with Gasteiger partial charge in [-0.1, -0.05) is 11.6 Å². The zero-order chi connectivity index (χ0) is 27.4. The van der Waals surface area contributed by atoms with Crippen LogP contribution in [0.25, 0.3) is 0 Å². The lowest BCUT2D eigenvalue weighted by atomic mass is 9.98. The van der Waals surface area contributed by atoms with Crippen molar-refractivity contribution < 1.29 is 33.5 Å². The predicted octanol–water partition coefficient (Wildman–Crippen LogP) is 2.07. The fourth-order valence-corrected chi connectivity index (χ4v) is 6.26. The van der Waals surface area contributed by atoms with Crippen molar-refractivity contribution in [1.82, 2.24) is 15.2 Å². The largest absolute Gasteiger partial charge is 0.457 e. The normalized spacial score (nSPS) is 22.4. The first-order chi connectivity index (χ1) is 18.2. The number of carbonyl (C=O) groups excluding carboxylic acids is 4. The molecule has 4 rings (SSSR count). The Balaban J connectivity index is 1.43. The Labute approximate surface area is 227 Å². The molecular weight excluding hydrogens is 534 g/mol. The molecule has 1 aliphatic carbocycles. The Bertz CT molecular complexity index is 1220. The number of nitrogens with zero attached hydrogens (tertiary/aromatic N) is 3. The van der Waals surface area contributed by atoms with E-state index in [9.17, 15) is 19.2 Å². The van der Waals surface area contributed by atoms with E-state index in [2.05, 4.69) is 15.5 Å². The van der Waals surface area contributed by atoms with Gasteiger partial charge in [-0.25, -0.2) is 14.6 Å². The highest BCUT2D eigenvalue weighted by Gasteiger charge is 2.54. The third kappa shape index (κ3) is 5.70. The van der Waals surface area contributed by atoms with Crippen molar-refractivity contribution in [1.29, 1.82) is 0 Å². The maximum Gasteiger partial charge on any atom is 0.374 e. The summed E-state index contributed by atoms with van der Waals surface area (Å²) in [6, 6.07) is -0.918. The quantitative estimate of drug-likeness (QED) is 0.120. The van der Waals surface area contributed by atoms with E-state index in [1.165, 1.54) is 29.8 Å². The van der Waals surface area contributed by atoms with Crippen LogP contribution in [0.1, 0.15) is 51.6 Å². The minimum absolute atomic E-state index is 0.0483. The number of rotatable bonds is 8. The topological polar surface area (TPSA) is 163 Å². The number of thiazole rings is 1. The lowest BCUT2D eigenvalue weighted by Crippen LogP contribution is -2.71. The fraction of sp³-hybridized carbons (Fsp3) is 0.500.